The van der Waals surface area contributed by atoms with Crippen molar-refractivity contribution in [3.05, 3.63) is 69.7 Å². The van der Waals surface area contributed by atoms with Gasteiger partial charge in [0.15, 0.2) is 0 Å². The van der Waals surface area contributed by atoms with Gasteiger partial charge in [0, 0.05) is 23.5 Å². The number of rotatable bonds is 5. The van der Waals surface area contributed by atoms with Crippen LogP contribution in [0, 0.1) is 0 Å². The van der Waals surface area contributed by atoms with Crippen molar-refractivity contribution in [2.45, 2.75) is 30.8 Å². The van der Waals surface area contributed by atoms with E-state index in [2.05, 4.69) is 0 Å². The van der Waals surface area contributed by atoms with Crippen molar-refractivity contribution >= 4 is 29.1 Å². The third-order valence-corrected chi connectivity index (χ3v) is 5.25. The van der Waals surface area contributed by atoms with Crippen molar-refractivity contribution < 1.29 is 19.7 Å². The monoisotopic (exact) mass is 409 g/mol. The Hall–Kier alpha value is -1.63. The molecule has 1 amide bonds. The van der Waals surface area contributed by atoms with Crippen molar-refractivity contribution in [1.82, 2.24) is 4.90 Å². The van der Waals surface area contributed by atoms with Gasteiger partial charge in [-0.25, -0.2) is 0 Å². The number of hydrogen-bond donors (Lipinski definition) is 2. The highest BCUT2D eigenvalue weighted by Crippen LogP contribution is 2.42. The molecule has 0 saturated carbocycles. The van der Waals surface area contributed by atoms with Crippen LogP contribution in [0.1, 0.15) is 29.7 Å². The molecule has 5 nitrogen and oxygen atoms in total. The molecular weight excluding hydrogens is 389 g/mol. The topological polar surface area (TPSA) is 70.0 Å². The molecule has 0 unspecified atom stereocenters. The van der Waals surface area contributed by atoms with Gasteiger partial charge < -0.3 is 19.8 Å². The lowest BCUT2D eigenvalue weighted by Gasteiger charge is -2.43. The molecule has 1 aliphatic rings. The maximum Gasteiger partial charge on any atom is 0.252 e. The van der Waals surface area contributed by atoms with Gasteiger partial charge in [-0.3, -0.25) is 4.79 Å². The minimum absolute atomic E-state index is 0.0249. The van der Waals surface area contributed by atoms with Crippen LogP contribution in [0.2, 0.25) is 10.0 Å². The summed E-state index contributed by atoms with van der Waals surface area (Å²) in [6.45, 7) is -0.428. The molecule has 2 aromatic rings. The predicted molar refractivity (Wildman–Crippen MR) is 104 cm³/mol. The van der Waals surface area contributed by atoms with Gasteiger partial charge in [0.25, 0.3) is 5.91 Å². The Morgan fingerprint density at radius 1 is 1.04 bits per heavy atom. The molecule has 1 heterocycles. The molecule has 1 saturated heterocycles. The number of morpholine rings is 1. The Kier molecular flexibility index (Phi) is 6.40. The number of halogens is 2. The summed E-state index contributed by atoms with van der Waals surface area (Å²) in [5.74, 6) is -0.243. The van der Waals surface area contributed by atoms with Gasteiger partial charge in [0.05, 0.1) is 18.8 Å². The summed E-state index contributed by atoms with van der Waals surface area (Å²) in [5, 5.41) is 20.1. The molecule has 2 N–H and O–H groups in total. The average Bonchev–Trinajstić information content (AvgIpc) is 2.67. The molecule has 7 heteroatoms. The van der Waals surface area contributed by atoms with E-state index in [4.69, 9.17) is 33.0 Å². The first-order valence-corrected chi connectivity index (χ1v) is 9.38. The predicted octanol–water partition coefficient (Wildman–Crippen LogP) is 3.38. The highest BCUT2D eigenvalue weighted by Gasteiger charge is 2.42. The van der Waals surface area contributed by atoms with Gasteiger partial charge in [-0.2, -0.15) is 0 Å². The number of hydrogen-bond acceptors (Lipinski definition) is 4. The Bertz CT molecular complexity index is 782. The highest BCUT2D eigenvalue weighted by molar-refractivity contribution is 6.30. The summed E-state index contributed by atoms with van der Waals surface area (Å²) in [5.41, 5.74) is 1.75. The number of benzene rings is 2. The fourth-order valence-electron chi connectivity index (χ4n) is 3.33. The van der Waals surface area contributed by atoms with E-state index in [0.29, 0.717) is 10.0 Å². The van der Waals surface area contributed by atoms with Gasteiger partial charge >= 0.3 is 0 Å². The zero-order valence-corrected chi connectivity index (χ0v) is 16.3. The van der Waals surface area contributed by atoms with Gasteiger partial charge in [0.1, 0.15) is 12.2 Å². The quantitative estimate of drug-likeness (QED) is 0.793. The van der Waals surface area contributed by atoms with Crippen molar-refractivity contribution in [1.29, 1.82) is 0 Å². The van der Waals surface area contributed by atoms with Crippen LogP contribution in [0.5, 0.6) is 0 Å². The fourth-order valence-corrected chi connectivity index (χ4v) is 3.58. The summed E-state index contributed by atoms with van der Waals surface area (Å²) < 4.78 is 6.13. The summed E-state index contributed by atoms with van der Waals surface area (Å²) in [6, 6.07) is 14.2. The maximum absolute atomic E-state index is 12.8. The van der Waals surface area contributed by atoms with Crippen molar-refractivity contribution in [3.63, 3.8) is 0 Å². The van der Waals surface area contributed by atoms with E-state index in [1.165, 1.54) is 0 Å². The van der Waals surface area contributed by atoms with Crippen LogP contribution in [0.25, 0.3) is 0 Å². The Labute approximate surface area is 168 Å². The van der Waals surface area contributed by atoms with Crippen LogP contribution >= 0.6 is 23.2 Å². The molecule has 0 radical (unpaired) electrons. The molecule has 3 rings (SSSR count). The fraction of sp³-hybridized carbons (Fsp3) is 0.350. The second-order valence-electron chi connectivity index (χ2n) is 6.61. The Morgan fingerprint density at radius 3 is 2.07 bits per heavy atom. The molecule has 0 spiro atoms. The van der Waals surface area contributed by atoms with Crippen LogP contribution in [0.4, 0.5) is 0 Å². The highest BCUT2D eigenvalue weighted by atomic mass is 35.5. The molecule has 1 aliphatic heterocycles. The van der Waals surface area contributed by atoms with Gasteiger partial charge in [-0.05, 0) is 35.4 Å². The molecule has 0 aromatic heterocycles. The zero-order chi connectivity index (χ0) is 19.6. The second kappa shape index (κ2) is 8.59. The standard InChI is InChI=1S/C20H21Cl2NO4/c1-23-18(12-2-6-14(21)7-3-12)19(13-4-8-15(22)9-5-13)27-17(20(23)26)10-16(25)11-24/h2-9,16-19,24-25H,10-11H2,1H3/t16-,17+,18-,19+/m1/s1. The van der Waals surface area contributed by atoms with E-state index in [9.17, 15) is 9.90 Å². The van der Waals surface area contributed by atoms with Gasteiger partial charge in [0.2, 0.25) is 0 Å². The summed E-state index contributed by atoms with van der Waals surface area (Å²) in [4.78, 5) is 14.4. The van der Waals surface area contributed by atoms with Crippen LogP contribution in [-0.2, 0) is 9.53 Å². The lowest BCUT2D eigenvalue weighted by atomic mass is 9.91. The Balaban J connectivity index is 1.99. The first kappa shape index (κ1) is 20.1. The van der Waals surface area contributed by atoms with E-state index < -0.39 is 24.9 Å². The SMILES string of the molecule is CN1C(=O)[C@H](C[C@@H](O)CO)O[C@@H](c2ccc(Cl)cc2)[C@H]1c1ccc(Cl)cc1. The number of ether oxygens (including phenoxy) is 1. The van der Waals surface area contributed by atoms with Crippen LogP contribution < -0.4 is 0 Å². The number of aliphatic hydroxyl groups is 2. The van der Waals surface area contributed by atoms with E-state index in [1.54, 1.807) is 36.2 Å². The van der Waals surface area contributed by atoms with Crippen LogP contribution in [0.3, 0.4) is 0 Å². The van der Waals surface area contributed by atoms with E-state index in [1.807, 2.05) is 24.3 Å². The normalized spacial score (nSPS) is 24.1. The Morgan fingerprint density at radius 2 is 1.56 bits per heavy atom. The minimum atomic E-state index is -1.02. The number of aliphatic hydroxyl groups excluding tert-OH is 2. The number of nitrogens with zero attached hydrogens (tertiary/aromatic N) is 1. The molecule has 0 aliphatic carbocycles. The lowest BCUT2D eigenvalue weighted by molar-refractivity contribution is -0.175. The minimum Gasteiger partial charge on any atom is -0.394 e. The largest absolute Gasteiger partial charge is 0.394 e. The zero-order valence-electron chi connectivity index (χ0n) is 14.8. The maximum atomic E-state index is 12.8. The molecule has 27 heavy (non-hydrogen) atoms. The van der Waals surface area contributed by atoms with Crippen molar-refractivity contribution in [2.75, 3.05) is 13.7 Å². The average molecular weight is 410 g/mol. The van der Waals surface area contributed by atoms with E-state index in [-0.39, 0.29) is 18.4 Å². The van der Waals surface area contributed by atoms with Crippen molar-refractivity contribution in [3.8, 4) is 0 Å². The molecular formula is C20H21Cl2NO4. The molecule has 2 aromatic carbocycles. The first-order valence-electron chi connectivity index (χ1n) is 8.62. The van der Waals surface area contributed by atoms with Crippen molar-refractivity contribution in [2.24, 2.45) is 0 Å². The number of amides is 1. The summed E-state index contributed by atoms with van der Waals surface area (Å²) in [6.07, 6.45) is -2.30. The van der Waals surface area contributed by atoms with Gasteiger partial charge in [-0.1, -0.05) is 47.5 Å². The summed E-state index contributed by atoms with van der Waals surface area (Å²) in [7, 11) is 1.71. The second-order valence-corrected chi connectivity index (χ2v) is 7.49. The molecule has 144 valence electrons. The van der Waals surface area contributed by atoms with E-state index >= 15 is 0 Å². The van der Waals surface area contributed by atoms with E-state index in [0.717, 1.165) is 11.1 Å². The van der Waals surface area contributed by atoms with Gasteiger partial charge in [-0.15, -0.1) is 0 Å². The van der Waals surface area contributed by atoms with Crippen LogP contribution in [0.15, 0.2) is 48.5 Å². The van der Waals surface area contributed by atoms with Crippen LogP contribution in [-0.4, -0.2) is 46.9 Å². The molecule has 1 fully saturated rings. The smallest absolute Gasteiger partial charge is 0.252 e. The molecule has 0 bridgehead atoms. The summed E-state index contributed by atoms with van der Waals surface area (Å²) >= 11 is 12.0. The number of carbonyl (C=O) groups is 1. The first-order chi connectivity index (χ1) is 12.9. The lowest BCUT2D eigenvalue weighted by Crippen LogP contribution is -2.50. The third-order valence-electron chi connectivity index (χ3n) is 4.74. The number of carbonyl (C=O) groups excluding carboxylic acids is 1. The third kappa shape index (κ3) is 4.45. The molecule has 4 atom stereocenters. The number of likely N-dealkylation sites (N-methyl/N-ethyl adjacent to an activating group) is 1.